The predicted molar refractivity (Wildman–Crippen MR) is 115 cm³/mol. The van der Waals surface area contributed by atoms with Gasteiger partial charge in [-0.15, -0.1) is 0 Å². The van der Waals surface area contributed by atoms with Gasteiger partial charge in [0.05, 0.1) is 16.8 Å². The maximum atomic E-state index is 12.8. The Balaban J connectivity index is 1.86. The molecule has 0 saturated carbocycles. The van der Waals surface area contributed by atoms with Crippen molar-refractivity contribution in [2.24, 2.45) is 0 Å². The number of carbonyl (C=O) groups excluding carboxylic acids is 2. The second-order valence-corrected chi connectivity index (χ2v) is 7.10. The van der Waals surface area contributed by atoms with Crippen LogP contribution >= 0.6 is 0 Å². The molecule has 0 aliphatic carbocycles. The molecule has 0 aliphatic rings. The van der Waals surface area contributed by atoms with Crippen LogP contribution in [0.25, 0.3) is 22.2 Å². The largest absolute Gasteiger partial charge is 0.452 e. The van der Waals surface area contributed by atoms with Gasteiger partial charge in [-0.3, -0.25) is 4.79 Å². The highest BCUT2D eigenvalue weighted by molar-refractivity contribution is 6.05. The lowest BCUT2D eigenvalue weighted by molar-refractivity contribution is -0.125. The molecule has 3 rings (SSSR count). The van der Waals surface area contributed by atoms with Gasteiger partial charge in [-0.2, -0.15) is 0 Å². The van der Waals surface area contributed by atoms with Gasteiger partial charge in [0.15, 0.2) is 6.61 Å². The van der Waals surface area contributed by atoms with Gasteiger partial charge in [0.1, 0.15) is 0 Å². The van der Waals surface area contributed by atoms with Crippen molar-refractivity contribution in [2.45, 2.75) is 39.7 Å². The van der Waals surface area contributed by atoms with Crippen LogP contribution in [0.3, 0.4) is 0 Å². The van der Waals surface area contributed by atoms with Crippen molar-refractivity contribution in [3.05, 3.63) is 65.7 Å². The molecule has 5 heteroatoms. The summed E-state index contributed by atoms with van der Waals surface area (Å²) in [5.41, 5.74) is 3.87. The van der Waals surface area contributed by atoms with Gasteiger partial charge in [0, 0.05) is 17.0 Å². The fraction of sp³-hybridized carbons (Fsp3) is 0.292. The average Bonchev–Trinajstić information content (AvgIpc) is 2.75. The predicted octanol–water partition coefficient (Wildman–Crippen LogP) is 4.67. The lowest BCUT2D eigenvalue weighted by atomic mass is 10.0. The van der Waals surface area contributed by atoms with Crippen LogP contribution in [0.15, 0.2) is 54.6 Å². The van der Waals surface area contributed by atoms with Crippen molar-refractivity contribution >= 4 is 22.8 Å². The van der Waals surface area contributed by atoms with E-state index in [4.69, 9.17) is 4.74 Å². The number of carbonyl (C=O) groups is 2. The minimum absolute atomic E-state index is 0.0936. The number of nitrogens with zero attached hydrogens (tertiary/aromatic N) is 1. The van der Waals surface area contributed by atoms with Gasteiger partial charge in [-0.25, -0.2) is 9.78 Å². The normalized spacial score (nSPS) is 10.9. The summed E-state index contributed by atoms with van der Waals surface area (Å²) in [5.74, 6) is -0.819. The van der Waals surface area contributed by atoms with E-state index in [0.29, 0.717) is 22.2 Å². The summed E-state index contributed by atoms with van der Waals surface area (Å²) in [5, 5.41) is 3.58. The number of amides is 1. The monoisotopic (exact) mass is 390 g/mol. The molecular formula is C24H26N2O3. The second-order valence-electron chi connectivity index (χ2n) is 7.10. The van der Waals surface area contributed by atoms with E-state index in [2.05, 4.69) is 10.3 Å². The number of benzene rings is 2. The number of nitrogens with one attached hydrogen (secondary N) is 1. The number of rotatable bonds is 7. The van der Waals surface area contributed by atoms with Crippen LogP contribution in [-0.2, 0) is 9.53 Å². The first-order chi connectivity index (χ1) is 14.0. The molecule has 0 saturated heterocycles. The van der Waals surface area contributed by atoms with Crippen molar-refractivity contribution in [3.63, 3.8) is 0 Å². The first-order valence-corrected chi connectivity index (χ1v) is 9.95. The zero-order valence-corrected chi connectivity index (χ0v) is 17.1. The third-order valence-electron chi connectivity index (χ3n) is 4.97. The van der Waals surface area contributed by atoms with Crippen LogP contribution in [-0.4, -0.2) is 29.5 Å². The molecule has 0 fully saturated rings. The first-order valence-electron chi connectivity index (χ1n) is 9.95. The molecule has 1 aromatic heterocycles. The smallest absolute Gasteiger partial charge is 0.339 e. The number of fused-ring (bicyclic) bond motifs is 1. The van der Waals surface area contributed by atoms with E-state index < -0.39 is 5.97 Å². The molecule has 3 aromatic rings. The number of esters is 1. The average molecular weight is 390 g/mol. The Morgan fingerprint density at radius 3 is 2.41 bits per heavy atom. The van der Waals surface area contributed by atoms with E-state index >= 15 is 0 Å². The third kappa shape index (κ3) is 4.99. The summed E-state index contributed by atoms with van der Waals surface area (Å²) in [6.45, 7) is 5.74. The zero-order chi connectivity index (χ0) is 20.8. The molecule has 0 aliphatic heterocycles. The summed E-state index contributed by atoms with van der Waals surface area (Å²) >= 11 is 0. The van der Waals surface area contributed by atoms with Crippen LogP contribution < -0.4 is 5.32 Å². The molecule has 0 radical (unpaired) electrons. The first kappa shape index (κ1) is 20.5. The fourth-order valence-corrected chi connectivity index (χ4v) is 3.19. The van der Waals surface area contributed by atoms with Crippen molar-refractivity contribution in [2.75, 3.05) is 6.61 Å². The minimum atomic E-state index is -0.531. The maximum Gasteiger partial charge on any atom is 0.339 e. The van der Waals surface area contributed by atoms with E-state index in [1.807, 2.05) is 69.3 Å². The lowest BCUT2D eigenvalue weighted by Crippen LogP contribution is -2.36. The fourth-order valence-electron chi connectivity index (χ4n) is 3.19. The molecule has 0 spiro atoms. The van der Waals surface area contributed by atoms with E-state index in [9.17, 15) is 9.59 Å². The van der Waals surface area contributed by atoms with E-state index in [0.717, 1.165) is 24.0 Å². The number of aryl methyl sites for hydroxylation is 1. The number of hydrogen-bond donors (Lipinski definition) is 1. The highest BCUT2D eigenvalue weighted by Crippen LogP contribution is 2.25. The third-order valence-corrected chi connectivity index (χ3v) is 4.97. The quantitative estimate of drug-likeness (QED) is 0.595. The molecule has 1 heterocycles. The maximum absolute atomic E-state index is 12.8. The van der Waals surface area contributed by atoms with E-state index in [-0.39, 0.29) is 18.6 Å². The summed E-state index contributed by atoms with van der Waals surface area (Å²) in [6, 6.07) is 17.2. The second kappa shape index (κ2) is 9.32. The molecule has 0 unspecified atom stereocenters. The summed E-state index contributed by atoms with van der Waals surface area (Å²) < 4.78 is 5.32. The molecule has 0 atom stereocenters. The molecule has 0 bridgehead atoms. The van der Waals surface area contributed by atoms with Crippen LogP contribution in [0.2, 0.25) is 0 Å². The molecule has 29 heavy (non-hydrogen) atoms. The van der Waals surface area contributed by atoms with Crippen molar-refractivity contribution in [1.29, 1.82) is 0 Å². The molecule has 5 nitrogen and oxygen atoms in total. The summed E-state index contributed by atoms with van der Waals surface area (Å²) in [4.78, 5) is 29.6. The summed E-state index contributed by atoms with van der Waals surface area (Å²) in [6.07, 6.45) is 1.68. The van der Waals surface area contributed by atoms with Crippen molar-refractivity contribution in [3.8, 4) is 11.3 Å². The van der Waals surface area contributed by atoms with E-state index in [1.165, 1.54) is 0 Å². The van der Waals surface area contributed by atoms with Crippen molar-refractivity contribution < 1.29 is 14.3 Å². The Labute approximate surface area is 171 Å². The molecule has 150 valence electrons. The van der Waals surface area contributed by atoms with Gasteiger partial charge < -0.3 is 10.1 Å². The number of ether oxygens (including phenoxy) is 1. The van der Waals surface area contributed by atoms with Gasteiger partial charge in [-0.1, -0.05) is 61.9 Å². The highest BCUT2D eigenvalue weighted by Gasteiger charge is 2.17. The SMILES string of the molecule is CCC(CC)NC(=O)COC(=O)c1cc(-c2ccc(C)cc2)nc2ccccc12. The lowest BCUT2D eigenvalue weighted by Gasteiger charge is -2.15. The Hall–Kier alpha value is -3.21. The van der Waals surface area contributed by atoms with Gasteiger partial charge in [-0.05, 0) is 31.9 Å². The minimum Gasteiger partial charge on any atom is -0.452 e. The number of pyridine rings is 1. The van der Waals surface area contributed by atoms with Crippen LogP contribution in [0.1, 0.15) is 42.6 Å². The molecule has 2 aromatic carbocycles. The summed E-state index contributed by atoms with van der Waals surface area (Å²) in [7, 11) is 0. The van der Waals surface area contributed by atoms with Gasteiger partial charge in [0.25, 0.3) is 5.91 Å². The number of hydrogen-bond acceptors (Lipinski definition) is 4. The van der Waals surface area contributed by atoms with Gasteiger partial charge in [0.2, 0.25) is 0 Å². The Morgan fingerprint density at radius 1 is 1.03 bits per heavy atom. The standard InChI is InChI=1S/C24H26N2O3/c1-4-18(5-2)25-23(27)15-29-24(28)20-14-22(17-12-10-16(3)11-13-17)26-21-9-7-6-8-19(20)21/h6-14,18H,4-5,15H2,1-3H3,(H,25,27). The Morgan fingerprint density at radius 2 is 1.72 bits per heavy atom. The molecular weight excluding hydrogens is 364 g/mol. The Bertz CT molecular complexity index is 1010. The zero-order valence-electron chi connectivity index (χ0n) is 17.1. The molecule has 1 amide bonds. The Kier molecular flexibility index (Phi) is 6.60. The van der Waals surface area contributed by atoms with Crippen LogP contribution in [0.4, 0.5) is 0 Å². The number of para-hydroxylation sites is 1. The van der Waals surface area contributed by atoms with Crippen molar-refractivity contribution in [1.82, 2.24) is 10.3 Å². The highest BCUT2D eigenvalue weighted by atomic mass is 16.5. The van der Waals surface area contributed by atoms with Crippen LogP contribution in [0.5, 0.6) is 0 Å². The van der Waals surface area contributed by atoms with Gasteiger partial charge >= 0.3 is 5.97 Å². The van der Waals surface area contributed by atoms with Crippen LogP contribution in [0, 0.1) is 6.92 Å². The topological polar surface area (TPSA) is 68.3 Å². The molecule has 1 N–H and O–H groups in total. The van der Waals surface area contributed by atoms with E-state index in [1.54, 1.807) is 6.07 Å². The number of aromatic nitrogens is 1.